The second-order valence-electron chi connectivity index (χ2n) is 8.86. The summed E-state index contributed by atoms with van der Waals surface area (Å²) in [6.07, 6.45) is 11.2. The van der Waals surface area contributed by atoms with Gasteiger partial charge in [-0.25, -0.2) is 4.39 Å². The van der Waals surface area contributed by atoms with E-state index >= 15 is 0 Å². The first-order valence-corrected chi connectivity index (χ1v) is 10.5. The summed E-state index contributed by atoms with van der Waals surface area (Å²) in [4.78, 5) is 11.9. The molecule has 3 saturated carbocycles. The van der Waals surface area contributed by atoms with E-state index in [9.17, 15) is 9.18 Å². The summed E-state index contributed by atoms with van der Waals surface area (Å²) in [7, 11) is 0. The van der Waals surface area contributed by atoms with Crippen LogP contribution >= 0.6 is 11.8 Å². The van der Waals surface area contributed by atoms with Crippen LogP contribution in [0.25, 0.3) is 0 Å². The van der Waals surface area contributed by atoms with E-state index in [1.165, 1.54) is 37.7 Å². The molecule has 4 rings (SSSR count). The summed E-state index contributed by atoms with van der Waals surface area (Å²) < 4.78 is 12.9. The lowest BCUT2D eigenvalue weighted by atomic mass is 9.47. The number of fused-ring (bicyclic) bond motifs is 5. The maximum absolute atomic E-state index is 12.9. The quantitative estimate of drug-likeness (QED) is 0.658. The molecule has 0 bridgehead atoms. The molecule has 4 aliphatic carbocycles. The normalized spacial score (nSPS) is 49.2. The zero-order valence-electron chi connectivity index (χ0n) is 14.4. The zero-order valence-corrected chi connectivity index (χ0v) is 15.3. The van der Waals surface area contributed by atoms with Crippen molar-refractivity contribution in [1.82, 2.24) is 0 Å². The Kier molecular flexibility index (Phi) is 3.94. The third-order valence-corrected chi connectivity index (χ3v) is 9.44. The summed E-state index contributed by atoms with van der Waals surface area (Å²) >= 11 is 1.56. The highest BCUT2D eigenvalue weighted by Crippen LogP contribution is 2.66. The molecule has 0 aromatic rings. The predicted molar refractivity (Wildman–Crippen MR) is 94.1 cm³/mol. The van der Waals surface area contributed by atoms with Crippen LogP contribution in [0.15, 0.2) is 11.6 Å². The Balaban J connectivity index is 1.63. The third-order valence-electron chi connectivity index (χ3n) is 8.14. The molecule has 0 N–H and O–H groups in total. The van der Waals surface area contributed by atoms with Gasteiger partial charge in [-0.2, -0.15) is 0 Å². The van der Waals surface area contributed by atoms with Crippen LogP contribution in [0.2, 0.25) is 0 Å². The molecule has 0 heterocycles. The number of carbonyl (C=O) groups is 1. The molecule has 1 unspecified atom stereocenters. The fraction of sp³-hybridized carbons (Fsp3) is 0.850. The molecule has 3 heteroatoms. The van der Waals surface area contributed by atoms with Gasteiger partial charge >= 0.3 is 0 Å². The van der Waals surface area contributed by atoms with Gasteiger partial charge in [0.05, 0.1) is 0 Å². The Morgan fingerprint density at radius 1 is 1.13 bits per heavy atom. The number of allylic oxidation sites excluding steroid dienone is 1. The molecule has 1 nitrogen and oxygen atoms in total. The molecular formula is C20H29FOS. The zero-order chi connectivity index (χ0) is 16.2. The minimum atomic E-state index is -0.228. The molecular weight excluding hydrogens is 307 g/mol. The highest BCUT2D eigenvalue weighted by molar-refractivity contribution is 7.99. The highest BCUT2D eigenvalue weighted by Gasteiger charge is 2.58. The van der Waals surface area contributed by atoms with Crippen LogP contribution in [0, 0.1) is 28.6 Å². The lowest BCUT2D eigenvalue weighted by Crippen LogP contribution is -2.50. The largest absolute Gasteiger partial charge is 0.295 e. The topological polar surface area (TPSA) is 17.1 Å². The monoisotopic (exact) mass is 336 g/mol. The van der Waals surface area contributed by atoms with Gasteiger partial charge in [0.25, 0.3) is 0 Å². The predicted octanol–water partition coefficient (Wildman–Crippen LogP) is 5.55. The number of hydrogen-bond donors (Lipinski definition) is 0. The Labute approximate surface area is 143 Å². The van der Waals surface area contributed by atoms with Crippen LogP contribution in [0.4, 0.5) is 4.39 Å². The van der Waals surface area contributed by atoms with Crippen molar-refractivity contribution in [2.24, 2.45) is 28.6 Å². The summed E-state index contributed by atoms with van der Waals surface area (Å²) in [6, 6.07) is -0.228. The van der Waals surface area contributed by atoms with Gasteiger partial charge in [0.2, 0.25) is 0 Å². The molecule has 0 aliphatic heterocycles. The van der Waals surface area contributed by atoms with Gasteiger partial charge in [0.15, 0.2) is 5.78 Å². The van der Waals surface area contributed by atoms with Gasteiger partial charge in [0.1, 0.15) is 6.01 Å². The van der Waals surface area contributed by atoms with Crippen molar-refractivity contribution < 1.29 is 9.18 Å². The maximum atomic E-state index is 12.9. The summed E-state index contributed by atoms with van der Waals surface area (Å²) in [5, 5.41) is 0.524. The first-order chi connectivity index (χ1) is 11.0. The second kappa shape index (κ2) is 5.61. The van der Waals surface area contributed by atoms with Crippen LogP contribution in [0.1, 0.15) is 65.2 Å². The maximum Gasteiger partial charge on any atom is 0.155 e. The first-order valence-electron chi connectivity index (χ1n) is 9.40. The first kappa shape index (κ1) is 16.2. The minimum absolute atomic E-state index is 0.228. The van der Waals surface area contributed by atoms with E-state index in [-0.39, 0.29) is 11.4 Å². The van der Waals surface area contributed by atoms with Crippen molar-refractivity contribution in [3.63, 3.8) is 0 Å². The van der Waals surface area contributed by atoms with Crippen molar-refractivity contribution in [3.8, 4) is 0 Å². The van der Waals surface area contributed by atoms with E-state index in [4.69, 9.17) is 0 Å². The molecule has 0 aromatic carbocycles. The molecule has 0 spiro atoms. The van der Waals surface area contributed by atoms with Crippen molar-refractivity contribution >= 4 is 17.5 Å². The van der Waals surface area contributed by atoms with Gasteiger partial charge in [-0.15, -0.1) is 11.8 Å². The highest BCUT2D eigenvalue weighted by atomic mass is 32.2. The van der Waals surface area contributed by atoms with Crippen LogP contribution in [0.3, 0.4) is 0 Å². The molecule has 3 fully saturated rings. The molecule has 23 heavy (non-hydrogen) atoms. The molecule has 0 aromatic heterocycles. The van der Waals surface area contributed by atoms with Crippen molar-refractivity contribution in [2.75, 3.05) is 6.01 Å². The standard InChI is InChI=1S/C20H29FOS/c1-19-9-7-14(22)11-13(19)3-4-15-16-5-6-18(23-12-21)20(16,2)10-8-17(15)19/h11,15-18H,3-10,12H2,1-2H3/t15-,16-,17+,18?,19-,20-/m0/s1. The third kappa shape index (κ3) is 2.28. The van der Waals surface area contributed by atoms with Gasteiger partial charge < -0.3 is 0 Å². The van der Waals surface area contributed by atoms with E-state index in [2.05, 4.69) is 13.8 Å². The molecule has 4 aliphatic rings. The number of carbonyl (C=O) groups excluding carboxylic acids is 1. The summed E-state index contributed by atoms with van der Waals surface area (Å²) in [5.41, 5.74) is 2.06. The second-order valence-corrected chi connectivity index (χ2v) is 9.98. The Bertz CT molecular complexity index is 544. The number of rotatable bonds is 2. The van der Waals surface area contributed by atoms with Gasteiger partial charge in [-0.05, 0) is 79.6 Å². The van der Waals surface area contributed by atoms with Crippen LogP contribution in [-0.2, 0) is 4.79 Å². The van der Waals surface area contributed by atoms with Crippen LogP contribution in [-0.4, -0.2) is 17.0 Å². The Morgan fingerprint density at radius 3 is 2.74 bits per heavy atom. The van der Waals surface area contributed by atoms with E-state index in [0.29, 0.717) is 16.4 Å². The van der Waals surface area contributed by atoms with Crippen molar-refractivity contribution in [1.29, 1.82) is 0 Å². The molecule has 0 saturated heterocycles. The van der Waals surface area contributed by atoms with E-state index in [0.717, 1.165) is 37.0 Å². The molecule has 0 radical (unpaired) electrons. The number of alkyl halides is 1. The van der Waals surface area contributed by atoms with Gasteiger partial charge in [-0.1, -0.05) is 19.4 Å². The van der Waals surface area contributed by atoms with Crippen LogP contribution < -0.4 is 0 Å². The van der Waals surface area contributed by atoms with Crippen molar-refractivity contribution in [3.05, 3.63) is 11.6 Å². The Hall–Kier alpha value is -0.310. The molecule has 128 valence electrons. The fourth-order valence-corrected chi connectivity index (χ4v) is 7.99. The lowest BCUT2D eigenvalue weighted by molar-refractivity contribution is -0.117. The number of halogens is 1. The number of thioether (sulfide) groups is 1. The minimum Gasteiger partial charge on any atom is -0.295 e. The number of hydrogen-bond acceptors (Lipinski definition) is 2. The van der Waals surface area contributed by atoms with E-state index in [1.807, 2.05) is 6.08 Å². The molecule has 0 amide bonds. The SMILES string of the molecule is C[C@]12CCC(=O)C=C1CC[C@@H]1[C@H]2CC[C@]2(C)C(SCF)CC[C@@H]12. The van der Waals surface area contributed by atoms with Gasteiger partial charge in [-0.3, -0.25) is 4.79 Å². The average molecular weight is 337 g/mol. The summed E-state index contributed by atoms with van der Waals surface area (Å²) in [5.74, 6) is 2.68. The average Bonchev–Trinajstić information content (AvgIpc) is 2.85. The van der Waals surface area contributed by atoms with Crippen LogP contribution in [0.5, 0.6) is 0 Å². The van der Waals surface area contributed by atoms with E-state index in [1.54, 1.807) is 11.8 Å². The molecule has 6 atom stereocenters. The number of ketones is 1. The summed E-state index contributed by atoms with van der Waals surface area (Å²) in [6.45, 7) is 4.89. The van der Waals surface area contributed by atoms with Gasteiger partial charge in [0, 0.05) is 11.7 Å². The fourth-order valence-electron chi connectivity index (χ4n) is 6.86. The smallest absolute Gasteiger partial charge is 0.155 e. The Morgan fingerprint density at radius 2 is 1.96 bits per heavy atom. The van der Waals surface area contributed by atoms with Crippen molar-refractivity contribution in [2.45, 2.75) is 70.5 Å². The lowest BCUT2D eigenvalue weighted by Gasteiger charge is -2.58. The van der Waals surface area contributed by atoms with E-state index < -0.39 is 0 Å².